The van der Waals surface area contributed by atoms with Crippen molar-refractivity contribution >= 4 is 16.7 Å². The summed E-state index contributed by atoms with van der Waals surface area (Å²) in [5.41, 5.74) is 5.17. The topological polar surface area (TPSA) is 29.9 Å². The molecule has 1 saturated carbocycles. The molecular formula is C13H15N3. The van der Waals surface area contributed by atoms with E-state index < -0.39 is 0 Å². The predicted molar refractivity (Wildman–Crippen MR) is 64.9 cm³/mol. The van der Waals surface area contributed by atoms with Crippen LogP contribution in [0.15, 0.2) is 12.1 Å². The second kappa shape index (κ2) is 2.78. The Morgan fingerprint density at radius 1 is 1.38 bits per heavy atom. The Bertz CT molecular complexity index is 578. The Morgan fingerprint density at radius 3 is 3.06 bits per heavy atom. The van der Waals surface area contributed by atoms with Crippen molar-refractivity contribution in [2.75, 3.05) is 11.9 Å². The van der Waals surface area contributed by atoms with Crippen LogP contribution < -0.4 is 5.32 Å². The zero-order chi connectivity index (χ0) is 10.7. The van der Waals surface area contributed by atoms with E-state index in [4.69, 9.17) is 4.98 Å². The molecule has 0 atom stereocenters. The fraction of sp³-hybridized carbons (Fsp3) is 0.462. The third-order valence-electron chi connectivity index (χ3n) is 3.79. The van der Waals surface area contributed by atoms with Gasteiger partial charge in [-0.15, -0.1) is 0 Å². The molecule has 82 valence electrons. The standard InChI is InChI=1S/C13H15N3/c1-16-12-6-9-4-5-14-10(9)7-11(12)15-13(16)8-2-3-8/h6-8,14H,2-5H2,1H3. The maximum Gasteiger partial charge on any atom is 0.112 e. The Labute approximate surface area is 94.5 Å². The molecule has 1 N–H and O–H groups in total. The molecule has 0 bridgehead atoms. The van der Waals surface area contributed by atoms with Gasteiger partial charge in [0, 0.05) is 25.2 Å². The number of nitrogens with one attached hydrogen (secondary N) is 1. The molecule has 2 aromatic rings. The lowest BCUT2D eigenvalue weighted by Crippen LogP contribution is -1.95. The molecule has 0 amide bonds. The number of anilines is 1. The highest BCUT2D eigenvalue weighted by Gasteiger charge is 2.29. The van der Waals surface area contributed by atoms with Crippen molar-refractivity contribution in [1.29, 1.82) is 0 Å². The number of fused-ring (bicyclic) bond motifs is 2. The second-order valence-corrected chi connectivity index (χ2v) is 4.98. The van der Waals surface area contributed by atoms with Gasteiger partial charge in [0.25, 0.3) is 0 Å². The first-order valence-electron chi connectivity index (χ1n) is 6.06. The van der Waals surface area contributed by atoms with Crippen LogP contribution >= 0.6 is 0 Å². The molecule has 0 unspecified atom stereocenters. The van der Waals surface area contributed by atoms with Crippen LogP contribution in [0.2, 0.25) is 0 Å². The minimum Gasteiger partial charge on any atom is -0.384 e. The van der Waals surface area contributed by atoms with Crippen LogP contribution in [-0.4, -0.2) is 16.1 Å². The summed E-state index contributed by atoms with van der Waals surface area (Å²) in [6.45, 7) is 1.07. The molecule has 0 saturated heterocycles. The monoisotopic (exact) mass is 213 g/mol. The molecule has 1 aromatic heterocycles. The summed E-state index contributed by atoms with van der Waals surface area (Å²) in [6.07, 6.45) is 3.78. The largest absolute Gasteiger partial charge is 0.384 e. The van der Waals surface area contributed by atoms with Crippen molar-refractivity contribution in [2.45, 2.75) is 25.2 Å². The molecule has 1 aromatic carbocycles. The van der Waals surface area contributed by atoms with Crippen LogP contribution in [0.25, 0.3) is 11.0 Å². The summed E-state index contributed by atoms with van der Waals surface area (Å²) in [4.78, 5) is 4.77. The molecule has 1 aliphatic carbocycles. The van der Waals surface area contributed by atoms with Crippen LogP contribution in [0.4, 0.5) is 5.69 Å². The van der Waals surface area contributed by atoms with Gasteiger partial charge in [0.2, 0.25) is 0 Å². The lowest BCUT2D eigenvalue weighted by molar-refractivity contribution is 0.819. The van der Waals surface area contributed by atoms with Gasteiger partial charge < -0.3 is 9.88 Å². The summed E-state index contributed by atoms with van der Waals surface area (Å²) >= 11 is 0. The van der Waals surface area contributed by atoms with Gasteiger partial charge in [-0.25, -0.2) is 4.98 Å². The first-order valence-corrected chi connectivity index (χ1v) is 6.06. The number of aryl methyl sites for hydroxylation is 1. The highest BCUT2D eigenvalue weighted by atomic mass is 15.1. The molecule has 3 heteroatoms. The zero-order valence-electron chi connectivity index (χ0n) is 9.45. The van der Waals surface area contributed by atoms with Crippen molar-refractivity contribution in [3.63, 3.8) is 0 Å². The summed E-state index contributed by atoms with van der Waals surface area (Å²) in [7, 11) is 2.15. The molecule has 0 spiro atoms. The zero-order valence-corrected chi connectivity index (χ0v) is 9.45. The SMILES string of the molecule is Cn1c(C2CC2)nc2cc3c(cc21)CCN3. The van der Waals surface area contributed by atoms with Crippen LogP contribution in [0.5, 0.6) is 0 Å². The van der Waals surface area contributed by atoms with E-state index in [-0.39, 0.29) is 0 Å². The van der Waals surface area contributed by atoms with E-state index in [0.717, 1.165) is 24.4 Å². The predicted octanol–water partition coefficient (Wildman–Crippen LogP) is 2.42. The summed E-state index contributed by atoms with van der Waals surface area (Å²) < 4.78 is 2.28. The van der Waals surface area contributed by atoms with E-state index in [9.17, 15) is 0 Å². The lowest BCUT2D eigenvalue weighted by Gasteiger charge is -2.01. The highest BCUT2D eigenvalue weighted by Crippen LogP contribution is 2.41. The molecular weight excluding hydrogens is 198 g/mol. The molecule has 2 heterocycles. The van der Waals surface area contributed by atoms with Gasteiger partial charge in [0.05, 0.1) is 11.0 Å². The van der Waals surface area contributed by atoms with Gasteiger partial charge in [0.15, 0.2) is 0 Å². The van der Waals surface area contributed by atoms with Crippen molar-refractivity contribution in [2.24, 2.45) is 7.05 Å². The highest BCUT2D eigenvalue weighted by molar-refractivity contribution is 5.83. The summed E-state index contributed by atoms with van der Waals surface area (Å²) in [5, 5.41) is 3.42. The average Bonchev–Trinajstić information content (AvgIpc) is 2.95. The lowest BCUT2D eigenvalue weighted by atomic mass is 10.1. The fourth-order valence-electron chi connectivity index (χ4n) is 2.71. The van der Waals surface area contributed by atoms with E-state index in [1.165, 1.54) is 35.4 Å². The van der Waals surface area contributed by atoms with Gasteiger partial charge >= 0.3 is 0 Å². The molecule has 0 radical (unpaired) electrons. The minimum atomic E-state index is 0.722. The normalized spacial score (nSPS) is 18.8. The van der Waals surface area contributed by atoms with Crippen molar-refractivity contribution in [3.05, 3.63) is 23.5 Å². The third kappa shape index (κ3) is 1.06. The molecule has 3 nitrogen and oxygen atoms in total. The maximum atomic E-state index is 4.77. The van der Waals surface area contributed by atoms with Gasteiger partial charge in [-0.2, -0.15) is 0 Å². The fourth-order valence-corrected chi connectivity index (χ4v) is 2.71. The summed E-state index contributed by atoms with van der Waals surface area (Å²) in [6, 6.07) is 4.52. The Kier molecular flexibility index (Phi) is 1.50. The van der Waals surface area contributed by atoms with E-state index in [0.29, 0.717) is 0 Å². The number of hydrogen-bond donors (Lipinski definition) is 1. The van der Waals surface area contributed by atoms with Gasteiger partial charge in [-0.1, -0.05) is 0 Å². The van der Waals surface area contributed by atoms with E-state index in [1.54, 1.807) is 0 Å². The number of benzene rings is 1. The number of aromatic nitrogens is 2. The Balaban J connectivity index is 1.99. The number of hydrogen-bond acceptors (Lipinski definition) is 2. The van der Waals surface area contributed by atoms with E-state index in [1.807, 2.05) is 0 Å². The number of imidazole rings is 1. The Hall–Kier alpha value is -1.51. The summed E-state index contributed by atoms with van der Waals surface area (Å²) in [5.74, 6) is 2.00. The van der Waals surface area contributed by atoms with E-state index in [2.05, 4.69) is 29.1 Å². The third-order valence-corrected chi connectivity index (χ3v) is 3.79. The van der Waals surface area contributed by atoms with Gasteiger partial charge in [-0.3, -0.25) is 0 Å². The molecule has 1 aliphatic heterocycles. The van der Waals surface area contributed by atoms with Gasteiger partial charge in [0.1, 0.15) is 5.82 Å². The first kappa shape index (κ1) is 8.62. The van der Waals surface area contributed by atoms with Gasteiger partial charge in [-0.05, 0) is 37.0 Å². The van der Waals surface area contributed by atoms with Crippen LogP contribution in [0.1, 0.15) is 30.1 Å². The van der Waals surface area contributed by atoms with Crippen LogP contribution in [-0.2, 0) is 13.5 Å². The number of nitrogens with zero attached hydrogens (tertiary/aromatic N) is 2. The smallest absolute Gasteiger partial charge is 0.112 e. The van der Waals surface area contributed by atoms with Crippen molar-refractivity contribution < 1.29 is 0 Å². The van der Waals surface area contributed by atoms with Crippen LogP contribution in [0, 0.1) is 0 Å². The first-order chi connectivity index (χ1) is 7.83. The molecule has 16 heavy (non-hydrogen) atoms. The van der Waals surface area contributed by atoms with Crippen molar-refractivity contribution in [3.8, 4) is 0 Å². The quantitative estimate of drug-likeness (QED) is 0.788. The average molecular weight is 213 g/mol. The molecule has 2 aliphatic rings. The Morgan fingerprint density at radius 2 is 2.25 bits per heavy atom. The number of rotatable bonds is 1. The second-order valence-electron chi connectivity index (χ2n) is 4.98. The maximum absolute atomic E-state index is 4.77. The molecule has 1 fully saturated rings. The molecule has 4 rings (SSSR count). The van der Waals surface area contributed by atoms with Crippen LogP contribution in [0.3, 0.4) is 0 Å². The van der Waals surface area contributed by atoms with E-state index >= 15 is 0 Å². The van der Waals surface area contributed by atoms with Crippen molar-refractivity contribution in [1.82, 2.24) is 9.55 Å². The minimum absolute atomic E-state index is 0.722.